The molecule has 0 aromatic rings. The van der Waals surface area contributed by atoms with Gasteiger partial charge in [-0.3, -0.25) is 4.99 Å². The molecule has 1 rings (SSSR count). The summed E-state index contributed by atoms with van der Waals surface area (Å²) in [6.07, 6.45) is 13.5. The number of aliphatic imine (C=N–C) groups is 1. The monoisotopic (exact) mass is 339 g/mol. The Bertz CT molecular complexity index is 366. The van der Waals surface area contributed by atoms with E-state index < -0.39 is 0 Å². The molecule has 1 aliphatic rings. The molecule has 4 heteroatoms. The molecule has 3 nitrogen and oxygen atoms in total. The van der Waals surface area contributed by atoms with Gasteiger partial charge < -0.3 is 10.6 Å². The average Bonchev–Trinajstić information content (AvgIpc) is 2.46. The van der Waals surface area contributed by atoms with Gasteiger partial charge in [-0.25, -0.2) is 0 Å². The Morgan fingerprint density at radius 3 is 2.80 bits per heavy atom. The summed E-state index contributed by atoms with van der Waals surface area (Å²) in [7, 11) is 0. The lowest BCUT2D eigenvalue weighted by atomic mass is 10.1. The minimum Gasteiger partial charge on any atom is -0.350 e. The Labute approximate surface area is 131 Å². The predicted molar refractivity (Wildman–Crippen MR) is 92.3 cm³/mol. The summed E-state index contributed by atoms with van der Waals surface area (Å²) in [5.74, 6) is 1.48. The Balaban J connectivity index is 2.56. The van der Waals surface area contributed by atoms with Crippen molar-refractivity contribution in [2.45, 2.75) is 39.2 Å². The summed E-state index contributed by atoms with van der Waals surface area (Å²) in [6, 6.07) is 0.448. The molecular formula is C16H26BrN3. The van der Waals surface area contributed by atoms with Gasteiger partial charge in [0.1, 0.15) is 5.84 Å². The van der Waals surface area contributed by atoms with E-state index in [0.29, 0.717) is 12.0 Å². The van der Waals surface area contributed by atoms with Crippen molar-refractivity contribution in [3.05, 3.63) is 35.5 Å². The third kappa shape index (κ3) is 7.65. The van der Waals surface area contributed by atoms with Crippen LogP contribution in [0.25, 0.3) is 0 Å². The van der Waals surface area contributed by atoms with E-state index in [4.69, 9.17) is 4.99 Å². The van der Waals surface area contributed by atoms with Crippen LogP contribution in [0, 0.1) is 5.92 Å². The van der Waals surface area contributed by atoms with E-state index in [1.807, 2.05) is 18.1 Å². The van der Waals surface area contributed by atoms with Crippen molar-refractivity contribution in [2.75, 3.05) is 13.1 Å². The number of rotatable bonds is 6. The molecular weight excluding hydrogens is 314 g/mol. The van der Waals surface area contributed by atoms with Crippen molar-refractivity contribution in [2.24, 2.45) is 10.9 Å². The largest absolute Gasteiger partial charge is 0.350 e. The third-order valence-corrected chi connectivity index (χ3v) is 3.57. The summed E-state index contributed by atoms with van der Waals surface area (Å²) >= 11 is 3.31. The summed E-state index contributed by atoms with van der Waals surface area (Å²) in [5, 5.41) is 6.70. The molecule has 0 amide bonds. The fraction of sp³-hybridized carbons (Fsp3) is 0.562. The van der Waals surface area contributed by atoms with E-state index >= 15 is 0 Å². The van der Waals surface area contributed by atoms with Crippen molar-refractivity contribution >= 4 is 21.8 Å². The van der Waals surface area contributed by atoms with Gasteiger partial charge >= 0.3 is 0 Å². The molecule has 2 N–H and O–H groups in total. The second-order valence-electron chi connectivity index (χ2n) is 5.01. The Morgan fingerprint density at radius 2 is 2.15 bits per heavy atom. The number of halogens is 1. The molecule has 0 saturated carbocycles. The van der Waals surface area contributed by atoms with E-state index in [2.05, 4.69) is 57.8 Å². The van der Waals surface area contributed by atoms with E-state index in [-0.39, 0.29) is 0 Å². The van der Waals surface area contributed by atoms with Crippen molar-refractivity contribution < 1.29 is 0 Å². The first-order chi connectivity index (χ1) is 9.76. The van der Waals surface area contributed by atoms with Gasteiger partial charge in [-0.15, -0.1) is 0 Å². The second kappa shape index (κ2) is 10.9. The molecule has 1 atom stereocenters. The smallest absolute Gasteiger partial charge is 0.104 e. The van der Waals surface area contributed by atoms with Gasteiger partial charge in [-0.2, -0.15) is 0 Å². The molecule has 1 unspecified atom stereocenters. The number of hydrogen-bond donors (Lipinski definition) is 2. The standard InChI is InChI=1S/C16H26BrN3/c1-3-5-14(2)7-13-19-16(6-4-10-17)20-15-8-11-18-12-9-15/h3-5,7,10,13-15,18H,6,8-9,11-12H2,1-2H3,(H,19,20)/b5-3-,10-4+,13-7-. The van der Waals surface area contributed by atoms with Gasteiger partial charge in [0.25, 0.3) is 0 Å². The van der Waals surface area contributed by atoms with Crippen LogP contribution in [0.2, 0.25) is 0 Å². The predicted octanol–water partition coefficient (Wildman–Crippen LogP) is 3.75. The van der Waals surface area contributed by atoms with Crippen LogP contribution in [0.15, 0.2) is 40.5 Å². The molecule has 0 aromatic carbocycles. The molecule has 0 aliphatic carbocycles. The fourth-order valence-electron chi connectivity index (χ4n) is 2.13. The number of allylic oxidation sites excluding steroid dienone is 3. The number of nitrogens with zero attached hydrogens (tertiary/aromatic N) is 1. The first-order valence-electron chi connectivity index (χ1n) is 7.35. The van der Waals surface area contributed by atoms with E-state index in [1.54, 1.807) is 0 Å². The number of piperidine rings is 1. The zero-order chi connectivity index (χ0) is 14.6. The van der Waals surface area contributed by atoms with Gasteiger partial charge in [-0.05, 0) is 50.0 Å². The van der Waals surface area contributed by atoms with Gasteiger partial charge in [0.15, 0.2) is 0 Å². The Hall–Kier alpha value is -0.870. The normalized spacial score (nSPS) is 20.2. The topological polar surface area (TPSA) is 36.4 Å². The second-order valence-corrected chi connectivity index (χ2v) is 5.54. The number of amidine groups is 1. The molecule has 0 spiro atoms. The maximum absolute atomic E-state index is 4.84. The average molecular weight is 340 g/mol. The zero-order valence-electron chi connectivity index (χ0n) is 12.5. The highest BCUT2D eigenvalue weighted by atomic mass is 79.9. The number of nitrogens with one attached hydrogen (secondary N) is 2. The van der Waals surface area contributed by atoms with E-state index in [9.17, 15) is 0 Å². The molecule has 20 heavy (non-hydrogen) atoms. The van der Waals surface area contributed by atoms with Crippen molar-refractivity contribution in [3.63, 3.8) is 0 Å². The highest BCUT2D eigenvalue weighted by molar-refractivity contribution is 9.11. The van der Waals surface area contributed by atoms with E-state index in [1.165, 1.54) is 0 Å². The van der Waals surface area contributed by atoms with Crippen LogP contribution >= 0.6 is 15.9 Å². The van der Waals surface area contributed by atoms with Crippen molar-refractivity contribution in [3.8, 4) is 0 Å². The van der Waals surface area contributed by atoms with Gasteiger partial charge in [0, 0.05) is 6.42 Å². The summed E-state index contributed by atoms with van der Waals surface area (Å²) < 4.78 is 0. The molecule has 1 aliphatic heterocycles. The summed E-state index contributed by atoms with van der Waals surface area (Å²) in [6.45, 7) is 6.36. The SMILES string of the molecule is C/C=C\C(C)/C=C\NC(C/C=C/Br)=NC1CCNCC1. The van der Waals surface area contributed by atoms with Crippen LogP contribution in [0.4, 0.5) is 0 Å². The van der Waals surface area contributed by atoms with Crippen LogP contribution in [0.3, 0.4) is 0 Å². The maximum atomic E-state index is 4.84. The maximum Gasteiger partial charge on any atom is 0.104 e. The van der Waals surface area contributed by atoms with Crippen LogP contribution in [-0.2, 0) is 0 Å². The summed E-state index contributed by atoms with van der Waals surface area (Å²) in [5.41, 5.74) is 0. The van der Waals surface area contributed by atoms with Crippen LogP contribution in [0.1, 0.15) is 33.1 Å². The highest BCUT2D eigenvalue weighted by Gasteiger charge is 2.11. The number of hydrogen-bond acceptors (Lipinski definition) is 2. The molecule has 0 bridgehead atoms. The first kappa shape index (κ1) is 17.2. The molecule has 1 heterocycles. The highest BCUT2D eigenvalue weighted by Crippen LogP contribution is 2.08. The quantitative estimate of drug-likeness (QED) is 0.439. The van der Waals surface area contributed by atoms with Gasteiger partial charge in [0.2, 0.25) is 0 Å². The Kier molecular flexibility index (Phi) is 9.33. The Morgan fingerprint density at radius 1 is 1.40 bits per heavy atom. The lowest BCUT2D eigenvalue weighted by molar-refractivity contribution is 0.458. The molecule has 1 saturated heterocycles. The van der Waals surface area contributed by atoms with Crippen LogP contribution < -0.4 is 10.6 Å². The third-order valence-electron chi connectivity index (χ3n) is 3.19. The lowest BCUT2D eigenvalue weighted by Gasteiger charge is -2.20. The van der Waals surface area contributed by atoms with E-state index in [0.717, 1.165) is 38.2 Å². The molecule has 0 aromatic heterocycles. The lowest BCUT2D eigenvalue weighted by Crippen LogP contribution is -2.31. The summed E-state index contributed by atoms with van der Waals surface area (Å²) in [4.78, 5) is 6.73. The van der Waals surface area contributed by atoms with Crippen LogP contribution in [0.5, 0.6) is 0 Å². The van der Waals surface area contributed by atoms with Crippen LogP contribution in [-0.4, -0.2) is 25.0 Å². The molecule has 112 valence electrons. The van der Waals surface area contributed by atoms with Gasteiger partial charge in [-0.1, -0.05) is 47.2 Å². The minimum atomic E-state index is 0.444. The first-order valence-corrected chi connectivity index (χ1v) is 8.26. The van der Waals surface area contributed by atoms with Gasteiger partial charge in [0.05, 0.1) is 6.04 Å². The van der Waals surface area contributed by atoms with Crippen molar-refractivity contribution in [1.82, 2.24) is 10.6 Å². The molecule has 1 fully saturated rings. The zero-order valence-corrected chi connectivity index (χ0v) is 14.1. The van der Waals surface area contributed by atoms with Crippen molar-refractivity contribution in [1.29, 1.82) is 0 Å². The molecule has 0 radical (unpaired) electrons. The fourth-order valence-corrected chi connectivity index (χ4v) is 2.31. The minimum absolute atomic E-state index is 0.444.